The molecule has 2 N–H and O–H groups in total. The number of nitrogens with one attached hydrogen (secondary N) is 2. The number of nitrogens with zero attached hydrogens (tertiary/aromatic N) is 2. The van der Waals surface area contributed by atoms with Crippen LogP contribution >= 0.6 is 23.1 Å². The van der Waals surface area contributed by atoms with Gasteiger partial charge in [0.15, 0.2) is 5.16 Å². The number of anilines is 1. The van der Waals surface area contributed by atoms with Crippen LogP contribution in [0.15, 0.2) is 64.2 Å². The van der Waals surface area contributed by atoms with Crippen LogP contribution in [0.2, 0.25) is 0 Å². The van der Waals surface area contributed by atoms with E-state index in [1.54, 1.807) is 29.8 Å². The highest BCUT2D eigenvalue weighted by atomic mass is 32.2. The van der Waals surface area contributed by atoms with E-state index in [-0.39, 0.29) is 6.03 Å². The van der Waals surface area contributed by atoms with Crippen molar-refractivity contribution in [3.63, 3.8) is 0 Å². The summed E-state index contributed by atoms with van der Waals surface area (Å²) in [5, 5.41) is 8.42. The lowest BCUT2D eigenvalue weighted by atomic mass is 10.2. The first kappa shape index (κ1) is 16.5. The first-order valence-electron chi connectivity index (χ1n) is 7.33. The molecule has 5 nitrogen and oxygen atoms in total. The van der Waals surface area contributed by atoms with Gasteiger partial charge in [0.25, 0.3) is 0 Å². The van der Waals surface area contributed by atoms with E-state index < -0.39 is 0 Å². The molecule has 2 heterocycles. The summed E-state index contributed by atoms with van der Waals surface area (Å²) in [5.74, 6) is 0. The van der Waals surface area contributed by atoms with Crippen LogP contribution in [0.1, 0.15) is 10.4 Å². The predicted octanol–water partition coefficient (Wildman–Crippen LogP) is 4.32. The molecule has 1 aromatic carbocycles. The third kappa shape index (κ3) is 4.56. The maximum Gasteiger partial charge on any atom is 0.319 e. The normalized spacial score (nSPS) is 10.4. The summed E-state index contributed by atoms with van der Waals surface area (Å²) in [5.41, 5.74) is 1.78. The van der Waals surface area contributed by atoms with Gasteiger partial charge in [-0.25, -0.2) is 14.8 Å². The fourth-order valence-electron chi connectivity index (χ4n) is 2.03. The van der Waals surface area contributed by atoms with Crippen molar-refractivity contribution in [3.8, 4) is 0 Å². The van der Waals surface area contributed by atoms with Gasteiger partial charge >= 0.3 is 6.03 Å². The van der Waals surface area contributed by atoms with Gasteiger partial charge in [-0.1, -0.05) is 6.07 Å². The molecule has 0 saturated carbocycles. The van der Waals surface area contributed by atoms with E-state index >= 15 is 0 Å². The van der Waals surface area contributed by atoms with Crippen LogP contribution in [-0.4, -0.2) is 16.0 Å². The number of rotatable bonds is 5. The molecular formula is C17H16N4OS2. The zero-order chi connectivity index (χ0) is 16.8. The number of benzene rings is 1. The Hall–Kier alpha value is -2.38. The van der Waals surface area contributed by atoms with E-state index in [4.69, 9.17) is 0 Å². The molecule has 0 saturated heterocycles. The van der Waals surface area contributed by atoms with E-state index in [0.717, 1.165) is 21.0 Å². The Bertz CT molecular complexity index is 807. The highest BCUT2D eigenvalue weighted by Crippen LogP contribution is 2.27. The van der Waals surface area contributed by atoms with E-state index in [9.17, 15) is 4.79 Å². The Morgan fingerprint density at radius 1 is 1.21 bits per heavy atom. The summed E-state index contributed by atoms with van der Waals surface area (Å²) in [6, 6.07) is 11.4. The largest absolute Gasteiger partial charge is 0.333 e. The highest BCUT2D eigenvalue weighted by Gasteiger charge is 2.07. The third-order valence-corrected chi connectivity index (χ3v) is 4.96. The number of carbonyl (C=O) groups excluding carboxylic acids is 1. The quantitative estimate of drug-likeness (QED) is 0.668. The van der Waals surface area contributed by atoms with Gasteiger partial charge in [0.05, 0.1) is 6.54 Å². The van der Waals surface area contributed by atoms with Crippen LogP contribution in [0, 0.1) is 6.92 Å². The zero-order valence-corrected chi connectivity index (χ0v) is 14.7. The fraction of sp³-hybridized carbons (Fsp3) is 0.118. The maximum absolute atomic E-state index is 12.0. The fourth-order valence-corrected chi connectivity index (χ4v) is 3.48. The summed E-state index contributed by atoms with van der Waals surface area (Å²) >= 11 is 3.11. The molecule has 7 heteroatoms. The Labute approximate surface area is 148 Å². The van der Waals surface area contributed by atoms with Crippen molar-refractivity contribution >= 4 is 34.8 Å². The molecule has 0 bridgehead atoms. The van der Waals surface area contributed by atoms with Crippen LogP contribution in [0.25, 0.3) is 0 Å². The molecule has 0 radical (unpaired) electrons. The second-order valence-electron chi connectivity index (χ2n) is 5.00. The van der Waals surface area contributed by atoms with Crippen molar-refractivity contribution in [2.45, 2.75) is 23.5 Å². The minimum Gasteiger partial charge on any atom is -0.333 e. The number of thiophene rings is 1. The van der Waals surface area contributed by atoms with Crippen molar-refractivity contribution in [2.75, 3.05) is 5.32 Å². The Morgan fingerprint density at radius 2 is 2.04 bits per heavy atom. The Kier molecular flexibility index (Phi) is 5.45. The van der Waals surface area contributed by atoms with Crippen LogP contribution in [0.5, 0.6) is 0 Å². The lowest BCUT2D eigenvalue weighted by molar-refractivity contribution is 0.252. The second-order valence-corrected chi connectivity index (χ2v) is 7.07. The van der Waals surface area contributed by atoms with E-state index in [1.165, 1.54) is 11.8 Å². The number of aryl methyl sites for hydroxylation is 1. The summed E-state index contributed by atoms with van der Waals surface area (Å²) in [6.45, 7) is 2.49. The molecule has 0 aliphatic carbocycles. The molecule has 0 fully saturated rings. The topological polar surface area (TPSA) is 66.9 Å². The van der Waals surface area contributed by atoms with Crippen LogP contribution in [0.3, 0.4) is 0 Å². The standard InChI is InChI=1S/C17H16N4OS2/c1-12-10-13(24-17-18-7-3-8-19-17)5-6-15(12)21-16(22)20-11-14-4-2-9-23-14/h2-10H,11H2,1H3,(H2,20,21,22). The predicted molar refractivity (Wildman–Crippen MR) is 97.5 cm³/mol. The van der Waals surface area contributed by atoms with Crippen molar-refractivity contribution in [1.82, 2.24) is 15.3 Å². The number of carbonyl (C=O) groups is 1. The monoisotopic (exact) mass is 356 g/mol. The second kappa shape index (κ2) is 7.94. The van der Waals surface area contributed by atoms with Gasteiger partial charge in [0, 0.05) is 27.9 Å². The third-order valence-electron chi connectivity index (χ3n) is 3.20. The van der Waals surface area contributed by atoms with Gasteiger partial charge in [-0.3, -0.25) is 0 Å². The summed E-state index contributed by atoms with van der Waals surface area (Å²) in [4.78, 5) is 22.5. The molecule has 0 aliphatic rings. The van der Waals surface area contributed by atoms with E-state index in [2.05, 4.69) is 20.6 Å². The zero-order valence-electron chi connectivity index (χ0n) is 13.0. The van der Waals surface area contributed by atoms with Gasteiger partial charge in [-0.05, 0) is 60.0 Å². The molecular weight excluding hydrogens is 340 g/mol. The average Bonchev–Trinajstić information content (AvgIpc) is 3.10. The highest BCUT2D eigenvalue weighted by molar-refractivity contribution is 7.99. The van der Waals surface area contributed by atoms with Crippen molar-refractivity contribution in [3.05, 3.63) is 64.6 Å². The van der Waals surface area contributed by atoms with Gasteiger partial charge in [-0.2, -0.15) is 0 Å². The average molecular weight is 356 g/mol. The van der Waals surface area contributed by atoms with E-state index in [1.807, 2.05) is 42.6 Å². The number of hydrogen-bond acceptors (Lipinski definition) is 5. The molecule has 24 heavy (non-hydrogen) atoms. The minimum atomic E-state index is -0.210. The molecule has 0 spiro atoms. The number of urea groups is 1. The van der Waals surface area contributed by atoms with Crippen molar-refractivity contribution in [1.29, 1.82) is 0 Å². The lowest BCUT2D eigenvalue weighted by Crippen LogP contribution is -2.28. The molecule has 0 aliphatic heterocycles. The van der Waals surface area contributed by atoms with Crippen LogP contribution < -0.4 is 10.6 Å². The maximum atomic E-state index is 12.0. The first-order valence-corrected chi connectivity index (χ1v) is 9.03. The van der Waals surface area contributed by atoms with Crippen molar-refractivity contribution < 1.29 is 4.79 Å². The molecule has 0 unspecified atom stereocenters. The molecule has 3 aromatic rings. The van der Waals surface area contributed by atoms with Gasteiger partial charge < -0.3 is 10.6 Å². The summed E-state index contributed by atoms with van der Waals surface area (Å²) in [7, 11) is 0. The van der Waals surface area contributed by atoms with Crippen molar-refractivity contribution in [2.24, 2.45) is 0 Å². The Balaban J connectivity index is 1.59. The summed E-state index contributed by atoms with van der Waals surface area (Å²) in [6.07, 6.45) is 3.44. The number of amides is 2. The first-order chi connectivity index (χ1) is 11.7. The Morgan fingerprint density at radius 3 is 2.75 bits per heavy atom. The lowest BCUT2D eigenvalue weighted by Gasteiger charge is -2.10. The number of aromatic nitrogens is 2. The van der Waals surface area contributed by atoms with Gasteiger partial charge in [-0.15, -0.1) is 11.3 Å². The van der Waals surface area contributed by atoms with Crippen LogP contribution in [0.4, 0.5) is 10.5 Å². The molecule has 122 valence electrons. The van der Waals surface area contributed by atoms with Crippen LogP contribution in [-0.2, 0) is 6.54 Å². The molecule has 2 aromatic heterocycles. The minimum absolute atomic E-state index is 0.210. The van der Waals surface area contributed by atoms with E-state index in [0.29, 0.717) is 11.7 Å². The molecule has 2 amide bonds. The molecule has 0 atom stereocenters. The summed E-state index contributed by atoms with van der Waals surface area (Å²) < 4.78 is 0. The number of hydrogen-bond donors (Lipinski definition) is 2. The van der Waals surface area contributed by atoms with Gasteiger partial charge in [0.1, 0.15) is 0 Å². The smallest absolute Gasteiger partial charge is 0.319 e. The SMILES string of the molecule is Cc1cc(Sc2ncccn2)ccc1NC(=O)NCc1cccs1. The molecule has 3 rings (SSSR count). The van der Waals surface area contributed by atoms with Gasteiger partial charge in [0.2, 0.25) is 0 Å².